The van der Waals surface area contributed by atoms with Gasteiger partial charge in [0.1, 0.15) is 18.4 Å². The smallest absolute Gasteiger partial charge is 0.320 e. The van der Waals surface area contributed by atoms with Gasteiger partial charge in [-0.2, -0.15) is 0 Å². The average molecular weight is 586 g/mol. The summed E-state index contributed by atoms with van der Waals surface area (Å²) in [4.78, 5) is 44.3. The van der Waals surface area contributed by atoms with Crippen LogP contribution in [-0.4, -0.2) is 79.3 Å². The van der Waals surface area contributed by atoms with Crippen LogP contribution in [0.3, 0.4) is 0 Å². The summed E-state index contributed by atoms with van der Waals surface area (Å²) in [5, 5.41) is 10.1. The third kappa shape index (κ3) is 7.51. The molecule has 2 aliphatic rings. The van der Waals surface area contributed by atoms with Crippen molar-refractivity contribution in [2.75, 3.05) is 51.3 Å². The standard InChI is InChI=1S/C31H40ClN3O6/c1-31(2,3)20-35-25-13-12-22(32)17-24(25)28(23-10-5-6-11-26(23)40-4)41-16-8-15-34(19-27(35)36)30(39)33-14-7-9-21(18-33)29(37)38/h5-6,10-13,17,21,28H,7-9,14-16,18-20H2,1-4H3,(H,37,38). The normalized spacial score (nSPS) is 20.7. The van der Waals surface area contributed by atoms with Crippen LogP contribution in [0.25, 0.3) is 0 Å². The number of hydrogen-bond donors (Lipinski definition) is 1. The minimum atomic E-state index is -0.904. The van der Waals surface area contributed by atoms with Crippen molar-refractivity contribution in [3.8, 4) is 5.75 Å². The van der Waals surface area contributed by atoms with Gasteiger partial charge in [-0.05, 0) is 48.9 Å². The van der Waals surface area contributed by atoms with Crippen molar-refractivity contribution < 1.29 is 29.0 Å². The van der Waals surface area contributed by atoms with Gasteiger partial charge in [0.2, 0.25) is 5.91 Å². The fourth-order valence-corrected chi connectivity index (χ4v) is 5.67. The fraction of sp³-hybridized carbons (Fsp3) is 0.516. The quantitative estimate of drug-likeness (QED) is 0.512. The van der Waals surface area contributed by atoms with Gasteiger partial charge in [0, 0.05) is 54.6 Å². The lowest BCUT2D eigenvalue weighted by Crippen LogP contribution is -2.52. The van der Waals surface area contributed by atoms with Crippen molar-refractivity contribution >= 4 is 35.2 Å². The summed E-state index contributed by atoms with van der Waals surface area (Å²) in [5.41, 5.74) is 1.94. The molecule has 41 heavy (non-hydrogen) atoms. The molecule has 1 saturated heterocycles. The molecule has 0 radical (unpaired) electrons. The van der Waals surface area contributed by atoms with Gasteiger partial charge in [-0.3, -0.25) is 9.59 Å². The maximum atomic E-state index is 14.1. The van der Waals surface area contributed by atoms with Gasteiger partial charge in [-0.1, -0.05) is 50.6 Å². The van der Waals surface area contributed by atoms with Crippen molar-refractivity contribution in [1.82, 2.24) is 9.80 Å². The molecule has 3 amide bonds. The van der Waals surface area contributed by atoms with E-state index in [0.29, 0.717) is 55.4 Å². The first-order chi connectivity index (χ1) is 19.5. The Balaban J connectivity index is 1.76. The summed E-state index contributed by atoms with van der Waals surface area (Å²) in [6.45, 7) is 7.62. The van der Waals surface area contributed by atoms with E-state index in [4.69, 9.17) is 21.1 Å². The predicted molar refractivity (Wildman–Crippen MR) is 158 cm³/mol. The average Bonchev–Trinajstić information content (AvgIpc) is 2.96. The molecule has 2 aromatic carbocycles. The summed E-state index contributed by atoms with van der Waals surface area (Å²) < 4.78 is 12.2. The number of piperidine rings is 1. The number of aliphatic carboxylic acids is 1. The van der Waals surface area contributed by atoms with Gasteiger partial charge in [-0.15, -0.1) is 0 Å². The van der Waals surface area contributed by atoms with E-state index in [0.717, 1.165) is 11.1 Å². The number of ether oxygens (including phenoxy) is 2. The molecule has 2 atom stereocenters. The number of carbonyl (C=O) groups excluding carboxylic acids is 2. The molecule has 1 N–H and O–H groups in total. The molecule has 9 nitrogen and oxygen atoms in total. The maximum Gasteiger partial charge on any atom is 0.320 e. The fourth-order valence-electron chi connectivity index (χ4n) is 5.49. The first-order valence-corrected chi connectivity index (χ1v) is 14.5. The second-order valence-electron chi connectivity index (χ2n) is 11.9. The van der Waals surface area contributed by atoms with Crippen molar-refractivity contribution in [2.45, 2.75) is 46.1 Å². The zero-order chi connectivity index (χ0) is 29.7. The van der Waals surface area contributed by atoms with E-state index in [2.05, 4.69) is 20.8 Å². The molecule has 2 unspecified atom stereocenters. The molecule has 10 heteroatoms. The number of carbonyl (C=O) groups is 3. The van der Waals surface area contributed by atoms with Crippen LogP contribution in [0.2, 0.25) is 5.02 Å². The monoisotopic (exact) mass is 585 g/mol. The molecule has 2 aromatic rings. The van der Waals surface area contributed by atoms with Crippen LogP contribution in [-0.2, 0) is 14.3 Å². The maximum absolute atomic E-state index is 14.1. The van der Waals surface area contributed by atoms with Gasteiger partial charge in [0.25, 0.3) is 0 Å². The number of methoxy groups -OCH3 is 1. The highest BCUT2D eigenvalue weighted by Gasteiger charge is 2.34. The third-order valence-corrected chi connectivity index (χ3v) is 7.65. The van der Waals surface area contributed by atoms with Crippen LogP contribution < -0.4 is 9.64 Å². The molecule has 1 fully saturated rings. The molecular weight excluding hydrogens is 546 g/mol. The minimum Gasteiger partial charge on any atom is -0.496 e. The van der Waals surface area contributed by atoms with Gasteiger partial charge >= 0.3 is 12.0 Å². The number of urea groups is 1. The van der Waals surface area contributed by atoms with Crippen molar-refractivity contribution in [3.05, 3.63) is 58.6 Å². The number of likely N-dealkylation sites (tertiary alicyclic amines) is 1. The predicted octanol–water partition coefficient (Wildman–Crippen LogP) is 5.46. The van der Waals surface area contributed by atoms with E-state index in [9.17, 15) is 19.5 Å². The molecule has 2 aliphatic heterocycles. The molecule has 0 bridgehead atoms. The second kappa shape index (κ2) is 13.1. The van der Waals surface area contributed by atoms with Gasteiger partial charge in [0.05, 0.1) is 13.0 Å². The van der Waals surface area contributed by atoms with E-state index in [1.54, 1.807) is 23.0 Å². The number of amides is 3. The van der Waals surface area contributed by atoms with E-state index in [-0.39, 0.29) is 37.0 Å². The molecule has 4 rings (SSSR count). The van der Waals surface area contributed by atoms with Crippen LogP contribution in [0, 0.1) is 11.3 Å². The lowest BCUT2D eigenvalue weighted by atomic mass is 9.93. The molecule has 0 saturated carbocycles. The lowest BCUT2D eigenvalue weighted by molar-refractivity contribution is -0.143. The Hall–Kier alpha value is -3.30. The highest BCUT2D eigenvalue weighted by atomic mass is 35.5. The van der Waals surface area contributed by atoms with Gasteiger partial charge in [-0.25, -0.2) is 4.79 Å². The number of nitrogens with zero attached hydrogens (tertiary/aromatic N) is 3. The van der Waals surface area contributed by atoms with Gasteiger partial charge < -0.3 is 29.3 Å². The first-order valence-electron chi connectivity index (χ1n) is 14.1. The molecule has 0 spiro atoms. The highest BCUT2D eigenvalue weighted by Crippen LogP contribution is 2.40. The number of carboxylic acids is 1. The summed E-state index contributed by atoms with van der Waals surface area (Å²) in [6.07, 6.45) is 1.06. The Morgan fingerprint density at radius 3 is 2.51 bits per heavy atom. The summed E-state index contributed by atoms with van der Waals surface area (Å²) in [5.74, 6) is -1.09. The summed E-state index contributed by atoms with van der Waals surface area (Å²) in [6, 6.07) is 12.7. The van der Waals surface area contributed by atoms with Crippen LogP contribution >= 0.6 is 11.6 Å². The Kier molecular flexibility index (Phi) is 9.81. The molecular formula is C31H40ClN3O6. The summed E-state index contributed by atoms with van der Waals surface area (Å²) in [7, 11) is 1.61. The number of anilines is 1. The number of para-hydroxylation sites is 1. The molecule has 222 valence electrons. The molecule has 0 aliphatic carbocycles. The minimum absolute atomic E-state index is 0.134. The number of benzene rings is 2. The zero-order valence-electron chi connectivity index (χ0n) is 24.3. The summed E-state index contributed by atoms with van der Waals surface area (Å²) >= 11 is 6.51. The highest BCUT2D eigenvalue weighted by molar-refractivity contribution is 6.30. The second-order valence-corrected chi connectivity index (χ2v) is 12.4. The number of rotatable bonds is 4. The van der Waals surface area contributed by atoms with Crippen LogP contribution in [0.15, 0.2) is 42.5 Å². The Labute approximate surface area is 246 Å². The Bertz CT molecular complexity index is 1260. The topological polar surface area (TPSA) is 99.6 Å². The Morgan fingerprint density at radius 1 is 1.07 bits per heavy atom. The largest absolute Gasteiger partial charge is 0.496 e. The lowest BCUT2D eigenvalue weighted by Gasteiger charge is -2.37. The van der Waals surface area contributed by atoms with E-state index in [1.165, 1.54) is 4.90 Å². The number of halogens is 1. The Morgan fingerprint density at radius 2 is 1.80 bits per heavy atom. The number of carboxylic acid groups (broad SMARTS) is 1. The van der Waals surface area contributed by atoms with Crippen molar-refractivity contribution in [3.63, 3.8) is 0 Å². The zero-order valence-corrected chi connectivity index (χ0v) is 25.0. The number of fused-ring (bicyclic) bond motifs is 1. The van der Waals surface area contributed by atoms with Crippen molar-refractivity contribution in [1.29, 1.82) is 0 Å². The van der Waals surface area contributed by atoms with Crippen molar-refractivity contribution in [2.24, 2.45) is 11.3 Å². The number of hydrogen-bond acceptors (Lipinski definition) is 5. The van der Waals surface area contributed by atoms with Crippen LogP contribution in [0.4, 0.5) is 10.5 Å². The van der Waals surface area contributed by atoms with E-state index >= 15 is 0 Å². The van der Waals surface area contributed by atoms with Crippen LogP contribution in [0.5, 0.6) is 5.75 Å². The first kappa shape index (κ1) is 30.7. The van der Waals surface area contributed by atoms with E-state index < -0.39 is 18.0 Å². The van der Waals surface area contributed by atoms with E-state index in [1.807, 2.05) is 36.4 Å². The van der Waals surface area contributed by atoms with Gasteiger partial charge in [0.15, 0.2) is 0 Å². The van der Waals surface area contributed by atoms with Crippen LogP contribution in [0.1, 0.15) is 57.3 Å². The molecule has 2 heterocycles. The SMILES string of the molecule is COc1ccccc1C1OCCCN(C(=O)N2CCCC(C(=O)O)C2)CC(=O)N(CC(C)(C)C)c2ccc(Cl)cc21. The third-order valence-electron chi connectivity index (χ3n) is 7.41. The molecule has 0 aromatic heterocycles.